The molecule has 0 aromatic rings. The zero-order chi connectivity index (χ0) is 8.97. The minimum Gasteiger partial charge on any atom is -0.772 e. The summed E-state index contributed by atoms with van der Waals surface area (Å²) in [6, 6.07) is 0.616. The monoisotopic (exact) mass is 191 g/mol. The number of rotatable bonds is 5. The molecule has 5 heteroatoms. The van der Waals surface area contributed by atoms with Gasteiger partial charge in [-0.15, -0.1) is 0 Å². The first-order valence-corrected chi connectivity index (χ1v) is 5.41. The van der Waals surface area contributed by atoms with Gasteiger partial charge in [-0.25, -0.2) is 0 Å². The van der Waals surface area contributed by atoms with Crippen LogP contribution in [-0.2, 0) is 11.1 Å². The van der Waals surface area contributed by atoms with E-state index in [-0.39, 0.29) is 5.75 Å². The Kier molecular flexibility index (Phi) is 4.14. The molecule has 1 aliphatic rings. The van der Waals surface area contributed by atoms with Gasteiger partial charge in [0.2, 0.25) is 0 Å². The molecule has 0 aromatic carbocycles. The highest BCUT2D eigenvalue weighted by Crippen LogP contribution is 2.02. The fourth-order valence-corrected chi connectivity index (χ4v) is 1.56. The summed E-state index contributed by atoms with van der Waals surface area (Å²) >= 11 is -1.87. The van der Waals surface area contributed by atoms with Crippen molar-refractivity contribution in [2.24, 2.45) is 0 Å². The molecule has 4 nitrogen and oxygen atoms in total. The molecule has 1 unspecified atom stereocenters. The Hall–Kier alpha value is 0.0300. The maximum absolute atomic E-state index is 10.2. The van der Waals surface area contributed by atoms with Crippen LogP contribution in [0.3, 0.4) is 0 Å². The number of nitrogens with zero attached hydrogens (tertiary/aromatic N) is 1. The maximum atomic E-state index is 10.2. The number of likely N-dealkylation sites (N-methyl/N-ethyl adjacent to an activating group) is 1. The lowest BCUT2D eigenvalue weighted by atomic mass is 10.1. The minimum atomic E-state index is -1.87. The van der Waals surface area contributed by atoms with Crippen LogP contribution in [0.4, 0.5) is 0 Å². The lowest BCUT2D eigenvalue weighted by Crippen LogP contribution is -2.56. The topological polar surface area (TPSA) is 55.4 Å². The molecule has 0 bridgehead atoms. The van der Waals surface area contributed by atoms with E-state index in [4.69, 9.17) is 0 Å². The Balaban J connectivity index is 2.01. The number of nitrogens with one attached hydrogen (secondary N) is 1. The minimum absolute atomic E-state index is 0.282. The first-order valence-electron chi connectivity index (χ1n) is 4.17. The Morgan fingerprint density at radius 1 is 1.67 bits per heavy atom. The van der Waals surface area contributed by atoms with E-state index in [2.05, 4.69) is 10.2 Å². The summed E-state index contributed by atoms with van der Waals surface area (Å²) < 4.78 is 20.4. The van der Waals surface area contributed by atoms with Gasteiger partial charge in [0, 0.05) is 24.9 Å². The molecule has 12 heavy (non-hydrogen) atoms. The smallest absolute Gasteiger partial charge is 0.0342 e. The van der Waals surface area contributed by atoms with Crippen LogP contribution < -0.4 is 5.32 Å². The van der Waals surface area contributed by atoms with Crippen molar-refractivity contribution in [2.75, 3.05) is 32.4 Å². The van der Waals surface area contributed by atoms with Gasteiger partial charge in [-0.05, 0) is 20.0 Å². The molecule has 1 atom stereocenters. The van der Waals surface area contributed by atoms with Gasteiger partial charge < -0.3 is 14.8 Å². The van der Waals surface area contributed by atoms with Crippen molar-refractivity contribution in [1.82, 2.24) is 10.2 Å². The van der Waals surface area contributed by atoms with E-state index in [0.717, 1.165) is 26.1 Å². The van der Waals surface area contributed by atoms with Crippen molar-refractivity contribution in [3.63, 3.8) is 0 Å². The summed E-state index contributed by atoms with van der Waals surface area (Å²) in [5, 5.41) is 3.18. The van der Waals surface area contributed by atoms with Gasteiger partial charge >= 0.3 is 0 Å². The van der Waals surface area contributed by atoms with Gasteiger partial charge in [0.1, 0.15) is 0 Å². The Bertz CT molecular complexity index is 161. The Morgan fingerprint density at radius 2 is 2.33 bits per heavy atom. The van der Waals surface area contributed by atoms with Crippen molar-refractivity contribution < 1.29 is 8.76 Å². The zero-order valence-corrected chi connectivity index (χ0v) is 8.10. The lowest BCUT2D eigenvalue weighted by molar-refractivity contribution is 0.181. The summed E-state index contributed by atoms with van der Waals surface area (Å²) in [4.78, 5) is 2.21. The molecular weight excluding hydrogens is 176 g/mol. The van der Waals surface area contributed by atoms with E-state index in [9.17, 15) is 8.76 Å². The molecule has 1 aliphatic heterocycles. The van der Waals surface area contributed by atoms with Gasteiger partial charge in [-0.1, -0.05) is 11.1 Å². The van der Waals surface area contributed by atoms with E-state index in [0.29, 0.717) is 6.04 Å². The standard InChI is InChI=1S/C7H16N2O2S/c1-9(7-5-8-6-7)3-2-4-12(10)11/h7-8H,2-6H2,1H3,(H,10,11)/p-1. The Labute approximate surface area is 75.6 Å². The molecule has 0 aliphatic carbocycles. The second kappa shape index (κ2) is 4.91. The van der Waals surface area contributed by atoms with Crippen molar-refractivity contribution >= 4 is 11.1 Å². The van der Waals surface area contributed by atoms with Crippen molar-refractivity contribution in [2.45, 2.75) is 12.5 Å². The molecule has 0 spiro atoms. The van der Waals surface area contributed by atoms with Crippen LogP contribution in [-0.4, -0.2) is 52.1 Å². The molecule has 1 rings (SSSR count). The largest absolute Gasteiger partial charge is 0.772 e. The highest BCUT2D eigenvalue weighted by atomic mass is 32.2. The van der Waals surface area contributed by atoms with Gasteiger partial charge in [-0.3, -0.25) is 4.21 Å². The molecular formula is C7H15N2O2S-. The first kappa shape index (κ1) is 10.1. The average Bonchev–Trinajstić information content (AvgIpc) is 1.81. The molecule has 1 saturated heterocycles. The highest BCUT2D eigenvalue weighted by molar-refractivity contribution is 7.79. The summed E-state index contributed by atoms with van der Waals surface area (Å²) in [6.07, 6.45) is 0.739. The van der Waals surface area contributed by atoms with Crippen LogP contribution in [0.25, 0.3) is 0 Å². The number of hydrogen-bond donors (Lipinski definition) is 1. The zero-order valence-electron chi connectivity index (χ0n) is 7.28. The van der Waals surface area contributed by atoms with Crippen LogP contribution in [0.1, 0.15) is 6.42 Å². The summed E-state index contributed by atoms with van der Waals surface area (Å²) in [5.41, 5.74) is 0. The summed E-state index contributed by atoms with van der Waals surface area (Å²) in [5.74, 6) is 0.282. The second-order valence-corrected chi connectivity index (χ2v) is 4.17. The van der Waals surface area contributed by atoms with Gasteiger partial charge in [0.05, 0.1) is 0 Å². The van der Waals surface area contributed by atoms with Crippen molar-refractivity contribution in [1.29, 1.82) is 0 Å². The fraction of sp³-hybridized carbons (Fsp3) is 1.00. The van der Waals surface area contributed by atoms with Crippen LogP contribution in [0.15, 0.2) is 0 Å². The SMILES string of the molecule is CN(CCCS(=O)[O-])C1CNC1. The molecule has 1 fully saturated rings. The first-order chi connectivity index (χ1) is 5.70. The molecule has 1 heterocycles. The maximum Gasteiger partial charge on any atom is 0.0342 e. The van der Waals surface area contributed by atoms with Crippen molar-refractivity contribution in [3.05, 3.63) is 0 Å². The quantitative estimate of drug-likeness (QED) is 0.576. The third-order valence-corrected chi connectivity index (χ3v) is 2.83. The highest BCUT2D eigenvalue weighted by Gasteiger charge is 2.20. The summed E-state index contributed by atoms with van der Waals surface area (Å²) in [7, 11) is 2.04. The molecule has 0 saturated carbocycles. The fourth-order valence-electron chi connectivity index (χ4n) is 1.20. The van der Waals surface area contributed by atoms with Gasteiger partial charge in [0.25, 0.3) is 0 Å². The third-order valence-electron chi connectivity index (χ3n) is 2.21. The van der Waals surface area contributed by atoms with Crippen LogP contribution in [0.5, 0.6) is 0 Å². The average molecular weight is 191 g/mol. The number of hydrogen-bond acceptors (Lipinski definition) is 4. The van der Waals surface area contributed by atoms with Crippen LogP contribution in [0.2, 0.25) is 0 Å². The van der Waals surface area contributed by atoms with Crippen molar-refractivity contribution in [3.8, 4) is 0 Å². The lowest BCUT2D eigenvalue weighted by Gasteiger charge is -2.35. The summed E-state index contributed by atoms with van der Waals surface area (Å²) in [6.45, 7) is 2.95. The normalized spacial score (nSPS) is 20.9. The van der Waals surface area contributed by atoms with Gasteiger partial charge in [0.15, 0.2) is 0 Å². The molecule has 0 amide bonds. The molecule has 0 radical (unpaired) electrons. The van der Waals surface area contributed by atoms with E-state index in [1.807, 2.05) is 7.05 Å². The molecule has 0 aromatic heterocycles. The Morgan fingerprint density at radius 3 is 2.75 bits per heavy atom. The van der Waals surface area contributed by atoms with E-state index in [1.165, 1.54) is 0 Å². The van der Waals surface area contributed by atoms with E-state index < -0.39 is 11.1 Å². The van der Waals surface area contributed by atoms with Crippen LogP contribution >= 0.6 is 0 Å². The predicted molar refractivity (Wildman–Crippen MR) is 47.7 cm³/mol. The van der Waals surface area contributed by atoms with E-state index >= 15 is 0 Å². The van der Waals surface area contributed by atoms with Gasteiger partial charge in [-0.2, -0.15) is 0 Å². The molecule has 1 N–H and O–H groups in total. The van der Waals surface area contributed by atoms with E-state index in [1.54, 1.807) is 0 Å². The third kappa shape index (κ3) is 3.18. The second-order valence-electron chi connectivity index (χ2n) is 3.15. The van der Waals surface area contributed by atoms with Crippen LogP contribution in [0, 0.1) is 0 Å². The predicted octanol–water partition coefficient (Wildman–Crippen LogP) is -0.841. The molecule has 72 valence electrons.